The smallest absolute Gasteiger partial charge is 0.237 e. The first-order chi connectivity index (χ1) is 10.1. The van der Waals surface area contributed by atoms with Gasteiger partial charge < -0.3 is 20.7 Å². The average molecular weight is 293 g/mol. The maximum Gasteiger partial charge on any atom is 0.237 e. The molecule has 1 atom stereocenters. The van der Waals surface area contributed by atoms with Crippen LogP contribution in [0.4, 0.5) is 0 Å². The molecule has 5 nitrogen and oxygen atoms in total. The molecule has 0 spiro atoms. The first kappa shape index (κ1) is 17.6. The number of hydrogen-bond donors (Lipinski definition) is 2. The Morgan fingerprint density at radius 2 is 2.05 bits per heavy atom. The number of carbonyl (C=O) groups excluding carboxylic acids is 1. The van der Waals surface area contributed by atoms with Crippen molar-refractivity contribution < 1.29 is 9.53 Å². The van der Waals surface area contributed by atoms with Crippen molar-refractivity contribution >= 4 is 5.91 Å². The van der Waals surface area contributed by atoms with Gasteiger partial charge >= 0.3 is 0 Å². The molecule has 1 rings (SSSR count). The number of nitrogens with one attached hydrogen (secondary N) is 1. The summed E-state index contributed by atoms with van der Waals surface area (Å²) in [6.07, 6.45) is 1.56. The molecule has 1 aromatic rings. The van der Waals surface area contributed by atoms with E-state index in [0.717, 1.165) is 31.7 Å². The van der Waals surface area contributed by atoms with Crippen LogP contribution in [0.5, 0.6) is 0 Å². The number of hydrogen-bond acceptors (Lipinski definition) is 4. The molecule has 118 valence electrons. The second kappa shape index (κ2) is 10.3. The molecule has 3 N–H and O–H groups in total. The highest BCUT2D eigenvalue weighted by atomic mass is 16.5. The number of methoxy groups -OCH3 is 1. The first-order valence-corrected chi connectivity index (χ1v) is 7.38. The van der Waals surface area contributed by atoms with Crippen LogP contribution in [0.15, 0.2) is 30.3 Å². The summed E-state index contributed by atoms with van der Waals surface area (Å²) >= 11 is 0. The molecule has 5 heteroatoms. The normalized spacial score (nSPS) is 12.4. The summed E-state index contributed by atoms with van der Waals surface area (Å²) in [5, 5.41) is 2.89. The Balaban J connectivity index is 2.18. The molecular formula is C16H27N3O2. The fourth-order valence-electron chi connectivity index (χ4n) is 2.05. The summed E-state index contributed by atoms with van der Waals surface area (Å²) in [7, 11) is 3.74. The van der Waals surface area contributed by atoms with Gasteiger partial charge in [0, 0.05) is 33.4 Å². The van der Waals surface area contributed by atoms with Crippen molar-refractivity contribution in [3.63, 3.8) is 0 Å². The molecule has 0 heterocycles. The first-order valence-electron chi connectivity index (χ1n) is 7.38. The molecule has 0 aliphatic rings. The van der Waals surface area contributed by atoms with Gasteiger partial charge in [0.1, 0.15) is 0 Å². The van der Waals surface area contributed by atoms with Crippen LogP contribution in [0, 0.1) is 0 Å². The molecule has 0 aliphatic heterocycles. The number of amides is 1. The van der Waals surface area contributed by atoms with Gasteiger partial charge in [0.05, 0.1) is 6.04 Å². The molecule has 0 bridgehead atoms. The molecule has 1 unspecified atom stereocenters. The summed E-state index contributed by atoms with van der Waals surface area (Å²) in [6, 6.07) is 9.33. The molecule has 0 saturated carbocycles. The zero-order chi connectivity index (χ0) is 15.5. The fraction of sp³-hybridized carbons (Fsp3) is 0.562. The Labute approximate surface area is 127 Å². The lowest BCUT2D eigenvalue weighted by Crippen LogP contribution is -2.44. The number of benzene rings is 1. The maximum atomic E-state index is 11.9. The Morgan fingerprint density at radius 3 is 2.71 bits per heavy atom. The van der Waals surface area contributed by atoms with Crippen LogP contribution in [-0.2, 0) is 16.0 Å². The molecule has 21 heavy (non-hydrogen) atoms. The third-order valence-corrected chi connectivity index (χ3v) is 3.32. The third kappa shape index (κ3) is 7.80. The van der Waals surface area contributed by atoms with Crippen molar-refractivity contribution in [2.75, 3.05) is 40.4 Å². The van der Waals surface area contributed by atoms with Gasteiger partial charge in [0.25, 0.3) is 0 Å². The van der Waals surface area contributed by atoms with E-state index in [-0.39, 0.29) is 5.91 Å². The predicted octanol–water partition coefficient (Wildman–Crippen LogP) is 0.641. The number of nitrogens with two attached hydrogens (primary N) is 1. The van der Waals surface area contributed by atoms with Crippen LogP contribution >= 0.6 is 0 Å². The fourth-order valence-corrected chi connectivity index (χ4v) is 2.05. The van der Waals surface area contributed by atoms with E-state index in [1.54, 1.807) is 7.11 Å². The zero-order valence-electron chi connectivity index (χ0n) is 13.0. The highest BCUT2D eigenvalue weighted by Crippen LogP contribution is 2.01. The summed E-state index contributed by atoms with van der Waals surface area (Å²) < 4.78 is 5.01. The van der Waals surface area contributed by atoms with Crippen LogP contribution in [-0.4, -0.2) is 57.2 Å². The van der Waals surface area contributed by atoms with Crippen LogP contribution in [0.25, 0.3) is 0 Å². The number of likely N-dealkylation sites (N-methyl/N-ethyl adjacent to an activating group) is 1. The lowest BCUT2D eigenvalue weighted by Gasteiger charge is -2.18. The van der Waals surface area contributed by atoms with E-state index in [2.05, 4.69) is 10.2 Å². The zero-order valence-corrected chi connectivity index (χ0v) is 13.0. The summed E-state index contributed by atoms with van der Waals surface area (Å²) in [5.74, 6) is -0.0934. The van der Waals surface area contributed by atoms with Crippen molar-refractivity contribution in [2.45, 2.75) is 18.9 Å². The predicted molar refractivity (Wildman–Crippen MR) is 85.1 cm³/mol. The summed E-state index contributed by atoms with van der Waals surface area (Å²) in [6.45, 7) is 3.15. The molecule has 1 amide bonds. The van der Waals surface area contributed by atoms with Gasteiger partial charge in [0.2, 0.25) is 5.91 Å². The molecule has 0 radical (unpaired) electrons. The second-order valence-corrected chi connectivity index (χ2v) is 5.24. The van der Waals surface area contributed by atoms with Crippen molar-refractivity contribution in [3.8, 4) is 0 Å². The van der Waals surface area contributed by atoms with E-state index < -0.39 is 6.04 Å². The van der Waals surface area contributed by atoms with Gasteiger partial charge in [-0.3, -0.25) is 4.79 Å². The van der Waals surface area contributed by atoms with E-state index in [1.165, 1.54) is 0 Å². The van der Waals surface area contributed by atoms with Crippen LogP contribution in [0.3, 0.4) is 0 Å². The van der Waals surface area contributed by atoms with Crippen LogP contribution in [0.2, 0.25) is 0 Å². The maximum absolute atomic E-state index is 11.9. The number of ether oxygens (including phenoxy) is 1. The largest absolute Gasteiger partial charge is 0.385 e. The quantitative estimate of drug-likeness (QED) is 0.621. The molecule has 0 aromatic heterocycles. The van der Waals surface area contributed by atoms with Crippen molar-refractivity contribution in [3.05, 3.63) is 35.9 Å². The Morgan fingerprint density at radius 1 is 1.33 bits per heavy atom. The van der Waals surface area contributed by atoms with Gasteiger partial charge in [-0.1, -0.05) is 30.3 Å². The molecule has 0 aliphatic carbocycles. The number of rotatable bonds is 10. The molecule has 0 saturated heterocycles. The van der Waals surface area contributed by atoms with E-state index in [0.29, 0.717) is 13.0 Å². The monoisotopic (exact) mass is 293 g/mol. The Bertz CT molecular complexity index is 398. The summed E-state index contributed by atoms with van der Waals surface area (Å²) in [5.41, 5.74) is 7.00. The minimum atomic E-state index is -0.494. The molecular weight excluding hydrogens is 266 g/mol. The van der Waals surface area contributed by atoms with Crippen LogP contribution in [0.1, 0.15) is 12.0 Å². The van der Waals surface area contributed by atoms with Crippen molar-refractivity contribution in [1.82, 2.24) is 10.2 Å². The van der Waals surface area contributed by atoms with E-state index in [4.69, 9.17) is 10.5 Å². The highest BCUT2D eigenvalue weighted by Gasteiger charge is 2.13. The Hall–Kier alpha value is -1.43. The van der Waals surface area contributed by atoms with Crippen molar-refractivity contribution in [1.29, 1.82) is 0 Å². The lowest BCUT2D eigenvalue weighted by atomic mass is 10.1. The van der Waals surface area contributed by atoms with Gasteiger partial charge in [-0.15, -0.1) is 0 Å². The number of nitrogens with zero attached hydrogens (tertiary/aromatic N) is 1. The molecule has 1 aromatic carbocycles. The van der Waals surface area contributed by atoms with Gasteiger partial charge in [0.15, 0.2) is 0 Å². The SMILES string of the molecule is COCCCN(C)CCNC(=O)C(N)Cc1ccccc1. The summed E-state index contributed by atoms with van der Waals surface area (Å²) in [4.78, 5) is 14.1. The van der Waals surface area contributed by atoms with E-state index >= 15 is 0 Å². The van der Waals surface area contributed by atoms with Crippen LogP contribution < -0.4 is 11.1 Å². The standard InChI is InChI=1S/C16H27N3O2/c1-19(10-6-12-21-2)11-9-18-16(20)15(17)13-14-7-4-3-5-8-14/h3-5,7-8,15H,6,9-13,17H2,1-2H3,(H,18,20). The second-order valence-electron chi connectivity index (χ2n) is 5.24. The third-order valence-electron chi connectivity index (χ3n) is 3.32. The van der Waals surface area contributed by atoms with E-state index in [9.17, 15) is 4.79 Å². The molecule has 0 fully saturated rings. The minimum absolute atomic E-state index is 0.0934. The van der Waals surface area contributed by atoms with Gasteiger partial charge in [-0.2, -0.15) is 0 Å². The van der Waals surface area contributed by atoms with Gasteiger partial charge in [-0.25, -0.2) is 0 Å². The lowest BCUT2D eigenvalue weighted by molar-refractivity contribution is -0.122. The minimum Gasteiger partial charge on any atom is -0.385 e. The Kier molecular flexibility index (Phi) is 8.66. The van der Waals surface area contributed by atoms with E-state index in [1.807, 2.05) is 37.4 Å². The topological polar surface area (TPSA) is 67.6 Å². The highest BCUT2D eigenvalue weighted by molar-refractivity contribution is 5.81. The van der Waals surface area contributed by atoms with Crippen molar-refractivity contribution in [2.24, 2.45) is 5.73 Å². The number of carbonyl (C=O) groups is 1. The average Bonchev–Trinajstić information content (AvgIpc) is 2.48. The van der Waals surface area contributed by atoms with Gasteiger partial charge in [-0.05, 0) is 25.5 Å².